The Labute approximate surface area is 121 Å². The number of amides is 1. The summed E-state index contributed by atoms with van der Waals surface area (Å²) in [5.74, 6) is -0.251. The number of hydrogen-bond donors (Lipinski definition) is 2. The monoisotopic (exact) mass is 281 g/mol. The third kappa shape index (κ3) is 2.64. The Balaban J connectivity index is 1.85. The summed E-state index contributed by atoms with van der Waals surface area (Å²) >= 11 is 0. The van der Waals surface area contributed by atoms with Crippen molar-refractivity contribution in [1.29, 1.82) is 0 Å². The molecule has 1 amide bonds. The highest BCUT2D eigenvalue weighted by molar-refractivity contribution is 6.00. The Kier molecular flexibility index (Phi) is 3.66. The highest BCUT2D eigenvalue weighted by atomic mass is 16.3. The molecular weight excluding hydrogens is 266 g/mol. The molecule has 0 aliphatic carbocycles. The van der Waals surface area contributed by atoms with Crippen molar-refractivity contribution in [3.8, 4) is 0 Å². The van der Waals surface area contributed by atoms with Gasteiger partial charge in [-0.3, -0.25) is 4.79 Å². The number of rotatable bonds is 4. The average molecular weight is 281 g/mol. The Bertz CT molecular complexity index is 752. The molecule has 5 heteroatoms. The van der Waals surface area contributed by atoms with E-state index in [1.54, 1.807) is 10.7 Å². The number of nitrogens with one attached hydrogen (secondary N) is 1. The van der Waals surface area contributed by atoms with Crippen molar-refractivity contribution >= 4 is 11.4 Å². The van der Waals surface area contributed by atoms with E-state index in [-0.39, 0.29) is 12.5 Å². The number of fused-ring (bicyclic) bond motifs is 1. The molecule has 3 aromatic rings. The standard InChI is InChI=1S/C16H15N3O2/c20-11-14(12-6-2-1-3-7-12)18-16(21)13-10-17-19-9-5-4-8-15(13)19/h1-10,14,20H,11H2,(H,18,21)/t14-/m0/s1. The molecule has 2 heterocycles. The largest absolute Gasteiger partial charge is 0.394 e. The lowest BCUT2D eigenvalue weighted by Gasteiger charge is -2.16. The van der Waals surface area contributed by atoms with E-state index in [1.165, 1.54) is 6.20 Å². The number of carbonyl (C=O) groups is 1. The minimum Gasteiger partial charge on any atom is -0.394 e. The molecule has 5 nitrogen and oxygen atoms in total. The van der Waals surface area contributed by atoms with Crippen molar-refractivity contribution in [1.82, 2.24) is 14.9 Å². The Morgan fingerprint density at radius 2 is 1.95 bits per heavy atom. The number of pyridine rings is 1. The number of aromatic nitrogens is 2. The molecule has 0 radical (unpaired) electrons. The molecule has 1 atom stereocenters. The Morgan fingerprint density at radius 1 is 1.19 bits per heavy atom. The van der Waals surface area contributed by atoms with Crippen LogP contribution in [0.4, 0.5) is 0 Å². The minimum atomic E-state index is -0.433. The van der Waals surface area contributed by atoms with Crippen LogP contribution in [0, 0.1) is 0 Å². The highest BCUT2D eigenvalue weighted by Gasteiger charge is 2.17. The van der Waals surface area contributed by atoms with Crippen LogP contribution in [0.5, 0.6) is 0 Å². The Morgan fingerprint density at radius 3 is 2.71 bits per heavy atom. The zero-order valence-corrected chi connectivity index (χ0v) is 11.3. The van der Waals surface area contributed by atoms with Gasteiger partial charge in [-0.15, -0.1) is 0 Å². The summed E-state index contributed by atoms with van der Waals surface area (Å²) < 4.78 is 1.64. The van der Waals surface area contributed by atoms with Crippen LogP contribution in [0.1, 0.15) is 22.0 Å². The molecule has 0 spiro atoms. The maximum Gasteiger partial charge on any atom is 0.255 e. The third-order valence-corrected chi connectivity index (χ3v) is 3.36. The molecule has 21 heavy (non-hydrogen) atoms. The normalized spacial score (nSPS) is 12.2. The number of aliphatic hydroxyl groups is 1. The molecule has 106 valence electrons. The molecule has 0 fully saturated rings. The predicted octanol–water partition coefficient (Wildman–Crippen LogP) is 1.80. The lowest BCUT2D eigenvalue weighted by atomic mass is 10.1. The molecule has 0 bridgehead atoms. The molecule has 2 aromatic heterocycles. The van der Waals surface area contributed by atoms with Crippen LogP contribution >= 0.6 is 0 Å². The number of hydrogen-bond acceptors (Lipinski definition) is 3. The van der Waals surface area contributed by atoms with Crippen LogP contribution in [0.2, 0.25) is 0 Å². The number of benzene rings is 1. The van der Waals surface area contributed by atoms with Crippen molar-refractivity contribution in [2.45, 2.75) is 6.04 Å². The maximum absolute atomic E-state index is 12.4. The van der Waals surface area contributed by atoms with E-state index >= 15 is 0 Å². The zero-order chi connectivity index (χ0) is 14.7. The summed E-state index contributed by atoms with van der Waals surface area (Å²) in [5, 5.41) is 16.5. The first-order valence-electron chi connectivity index (χ1n) is 6.68. The van der Waals surface area contributed by atoms with Gasteiger partial charge in [0.2, 0.25) is 0 Å². The first-order valence-corrected chi connectivity index (χ1v) is 6.68. The van der Waals surface area contributed by atoms with Crippen molar-refractivity contribution < 1.29 is 9.90 Å². The van der Waals surface area contributed by atoms with Gasteiger partial charge >= 0.3 is 0 Å². The summed E-state index contributed by atoms with van der Waals surface area (Å²) in [5.41, 5.74) is 2.09. The lowest BCUT2D eigenvalue weighted by Crippen LogP contribution is -2.30. The molecule has 0 aliphatic heterocycles. The first kappa shape index (κ1) is 13.3. The quantitative estimate of drug-likeness (QED) is 0.766. The van der Waals surface area contributed by atoms with Gasteiger partial charge in [0.25, 0.3) is 5.91 Å². The van der Waals surface area contributed by atoms with E-state index in [4.69, 9.17) is 0 Å². The van der Waals surface area contributed by atoms with E-state index in [1.807, 2.05) is 48.5 Å². The summed E-state index contributed by atoms with van der Waals surface area (Å²) in [7, 11) is 0. The van der Waals surface area contributed by atoms with Gasteiger partial charge in [-0.25, -0.2) is 4.52 Å². The van der Waals surface area contributed by atoms with Crippen LogP contribution in [-0.4, -0.2) is 27.2 Å². The first-order chi connectivity index (χ1) is 10.3. The smallest absolute Gasteiger partial charge is 0.255 e. The zero-order valence-electron chi connectivity index (χ0n) is 11.3. The fraction of sp³-hybridized carbons (Fsp3) is 0.125. The minimum absolute atomic E-state index is 0.158. The van der Waals surface area contributed by atoms with Crippen molar-refractivity contribution in [3.63, 3.8) is 0 Å². The summed E-state index contributed by atoms with van der Waals surface area (Å²) in [6.07, 6.45) is 3.32. The molecule has 1 aromatic carbocycles. The van der Waals surface area contributed by atoms with Crippen molar-refractivity contribution in [2.75, 3.05) is 6.61 Å². The van der Waals surface area contributed by atoms with Crippen LogP contribution < -0.4 is 5.32 Å². The molecule has 0 aliphatic rings. The second kappa shape index (κ2) is 5.76. The van der Waals surface area contributed by atoms with Gasteiger partial charge < -0.3 is 10.4 Å². The fourth-order valence-corrected chi connectivity index (χ4v) is 2.27. The average Bonchev–Trinajstić information content (AvgIpc) is 2.97. The van der Waals surface area contributed by atoms with Crippen LogP contribution in [0.15, 0.2) is 60.9 Å². The van der Waals surface area contributed by atoms with E-state index in [0.29, 0.717) is 5.56 Å². The second-order valence-electron chi connectivity index (χ2n) is 4.71. The Hall–Kier alpha value is -2.66. The lowest BCUT2D eigenvalue weighted by molar-refractivity contribution is 0.0918. The molecular formula is C16H15N3O2. The summed E-state index contributed by atoms with van der Waals surface area (Å²) in [6.45, 7) is -0.158. The van der Waals surface area contributed by atoms with Gasteiger partial charge in [-0.2, -0.15) is 5.10 Å². The topological polar surface area (TPSA) is 66.6 Å². The second-order valence-corrected chi connectivity index (χ2v) is 4.71. The van der Waals surface area contributed by atoms with Gasteiger partial charge in [-0.05, 0) is 17.7 Å². The SMILES string of the molecule is O=C(N[C@@H](CO)c1ccccc1)c1cnn2ccccc12. The number of carbonyl (C=O) groups excluding carboxylic acids is 1. The molecule has 2 N–H and O–H groups in total. The maximum atomic E-state index is 12.4. The van der Waals surface area contributed by atoms with Crippen molar-refractivity contribution in [2.24, 2.45) is 0 Å². The van der Waals surface area contributed by atoms with Gasteiger partial charge in [-0.1, -0.05) is 36.4 Å². The molecule has 0 unspecified atom stereocenters. The molecule has 0 saturated heterocycles. The van der Waals surface area contributed by atoms with Gasteiger partial charge in [0.05, 0.1) is 29.9 Å². The van der Waals surface area contributed by atoms with Gasteiger partial charge in [0, 0.05) is 6.20 Å². The van der Waals surface area contributed by atoms with Crippen molar-refractivity contribution in [3.05, 3.63) is 72.1 Å². The highest BCUT2D eigenvalue weighted by Crippen LogP contribution is 2.15. The van der Waals surface area contributed by atoms with E-state index < -0.39 is 6.04 Å². The molecule has 0 saturated carbocycles. The van der Waals surface area contributed by atoms with Gasteiger partial charge in [0.15, 0.2) is 0 Å². The van der Waals surface area contributed by atoms with Gasteiger partial charge in [0.1, 0.15) is 0 Å². The predicted molar refractivity (Wildman–Crippen MR) is 78.9 cm³/mol. The van der Waals surface area contributed by atoms with Crippen LogP contribution in [-0.2, 0) is 0 Å². The molecule has 3 rings (SSSR count). The van der Waals surface area contributed by atoms with E-state index in [0.717, 1.165) is 11.1 Å². The third-order valence-electron chi connectivity index (χ3n) is 3.36. The van der Waals surface area contributed by atoms with Crippen LogP contribution in [0.3, 0.4) is 0 Å². The fourth-order valence-electron chi connectivity index (χ4n) is 2.27. The number of aliphatic hydroxyl groups excluding tert-OH is 1. The van der Waals surface area contributed by atoms with E-state index in [9.17, 15) is 9.90 Å². The number of nitrogens with zero attached hydrogens (tertiary/aromatic N) is 2. The van der Waals surface area contributed by atoms with Crippen LogP contribution in [0.25, 0.3) is 5.52 Å². The summed E-state index contributed by atoms with van der Waals surface area (Å²) in [6, 6.07) is 14.5. The summed E-state index contributed by atoms with van der Waals surface area (Å²) in [4.78, 5) is 12.4. The van der Waals surface area contributed by atoms with E-state index in [2.05, 4.69) is 10.4 Å².